The smallest absolute Gasteiger partial charge is 0.228 e. The van der Waals surface area contributed by atoms with Gasteiger partial charge in [-0.3, -0.25) is 9.78 Å². The minimum absolute atomic E-state index is 0.0988. The number of carbonyl (C=O) groups excluding carboxylic acids is 1. The predicted octanol–water partition coefficient (Wildman–Crippen LogP) is 3.62. The van der Waals surface area contributed by atoms with E-state index >= 15 is 0 Å². The molecule has 0 aliphatic carbocycles. The molecule has 2 heterocycles. The molecule has 0 saturated carbocycles. The van der Waals surface area contributed by atoms with Crippen LogP contribution in [0.2, 0.25) is 0 Å². The number of nitrogens with zero attached hydrogens (tertiary/aromatic N) is 1. The first-order valence-corrected chi connectivity index (χ1v) is 6.25. The van der Waals surface area contributed by atoms with Crippen LogP contribution in [0.3, 0.4) is 0 Å². The molecule has 3 aromatic rings. The number of hydrogen-bond donors (Lipinski definition) is 0. The zero-order valence-electron chi connectivity index (χ0n) is 10.6. The first-order chi connectivity index (χ1) is 9.29. The Balaban J connectivity index is 2.11. The van der Waals surface area contributed by atoms with E-state index in [4.69, 9.17) is 4.42 Å². The molecule has 0 aliphatic rings. The Kier molecular flexibility index (Phi) is 2.88. The fourth-order valence-corrected chi connectivity index (χ4v) is 2.13. The van der Waals surface area contributed by atoms with E-state index in [1.807, 2.05) is 31.2 Å². The lowest BCUT2D eigenvalue weighted by atomic mass is 10.0. The van der Waals surface area contributed by atoms with E-state index < -0.39 is 0 Å². The molecule has 0 unspecified atom stereocenters. The number of fused-ring (bicyclic) bond motifs is 1. The van der Waals surface area contributed by atoms with E-state index in [0.29, 0.717) is 11.3 Å². The Bertz CT molecular complexity index is 738. The molecule has 0 amide bonds. The molecule has 94 valence electrons. The maximum atomic E-state index is 12.5. The van der Waals surface area contributed by atoms with Gasteiger partial charge < -0.3 is 4.42 Å². The Labute approximate surface area is 110 Å². The minimum atomic E-state index is -0.0988. The van der Waals surface area contributed by atoms with Crippen molar-refractivity contribution in [3.63, 3.8) is 0 Å². The molecular formula is C16H13NO2. The monoisotopic (exact) mass is 251 g/mol. The highest BCUT2D eigenvalue weighted by Gasteiger charge is 2.15. The third kappa shape index (κ3) is 2.03. The van der Waals surface area contributed by atoms with Gasteiger partial charge in [0.1, 0.15) is 5.76 Å². The highest BCUT2D eigenvalue weighted by atomic mass is 16.3. The summed E-state index contributed by atoms with van der Waals surface area (Å²) < 4.78 is 5.53. The zero-order valence-corrected chi connectivity index (χ0v) is 10.6. The molecule has 3 rings (SSSR count). The number of ketones is 1. The van der Waals surface area contributed by atoms with Crippen LogP contribution >= 0.6 is 0 Å². The first kappa shape index (κ1) is 11.7. The molecule has 0 spiro atoms. The second-order valence-electron chi connectivity index (χ2n) is 4.35. The highest BCUT2D eigenvalue weighted by Crippen LogP contribution is 2.21. The number of furan rings is 1. The predicted molar refractivity (Wildman–Crippen MR) is 73.3 cm³/mol. The fraction of sp³-hybridized carbons (Fsp3) is 0.125. The lowest BCUT2D eigenvalue weighted by Crippen LogP contribution is -2.00. The van der Waals surface area contributed by atoms with Gasteiger partial charge in [0.25, 0.3) is 0 Å². The summed E-state index contributed by atoms with van der Waals surface area (Å²) in [5.41, 5.74) is 0.627. The number of hydrogen-bond acceptors (Lipinski definition) is 3. The SMILES string of the molecule is CCc1ccc(C(=O)c2cccc3ccncc23)o1. The lowest BCUT2D eigenvalue weighted by molar-refractivity contribution is 0.101. The van der Waals surface area contributed by atoms with Crippen LogP contribution in [0.5, 0.6) is 0 Å². The molecule has 2 aromatic heterocycles. The molecule has 0 N–H and O–H groups in total. The number of rotatable bonds is 3. The van der Waals surface area contributed by atoms with Gasteiger partial charge in [-0.1, -0.05) is 25.1 Å². The molecule has 0 saturated heterocycles. The van der Waals surface area contributed by atoms with E-state index in [-0.39, 0.29) is 5.78 Å². The van der Waals surface area contributed by atoms with Gasteiger partial charge in [-0.2, -0.15) is 0 Å². The summed E-state index contributed by atoms with van der Waals surface area (Å²) in [4.78, 5) is 16.6. The van der Waals surface area contributed by atoms with Crippen LogP contribution in [-0.4, -0.2) is 10.8 Å². The van der Waals surface area contributed by atoms with Crippen molar-refractivity contribution >= 4 is 16.6 Å². The molecule has 3 heteroatoms. The van der Waals surface area contributed by atoms with Crippen molar-refractivity contribution in [1.82, 2.24) is 4.98 Å². The number of carbonyl (C=O) groups is 1. The van der Waals surface area contributed by atoms with Gasteiger partial charge in [-0.25, -0.2) is 0 Å². The van der Waals surface area contributed by atoms with Crippen LogP contribution in [0.1, 0.15) is 28.8 Å². The summed E-state index contributed by atoms with van der Waals surface area (Å²) in [5.74, 6) is 1.10. The molecule has 0 aliphatic heterocycles. The summed E-state index contributed by atoms with van der Waals surface area (Å²) in [5, 5.41) is 1.85. The molecule has 0 radical (unpaired) electrons. The third-order valence-electron chi connectivity index (χ3n) is 3.16. The van der Waals surface area contributed by atoms with Crippen LogP contribution in [-0.2, 0) is 6.42 Å². The first-order valence-electron chi connectivity index (χ1n) is 6.25. The van der Waals surface area contributed by atoms with Crippen molar-refractivity contribution in [2.45, 2.75) is 13.3 Å². The minimum Gasteiger partial charge on any atom is -0.458 e. The van der Waals surface area contributed by atoms with E-state index in [1.165, 1.54) is 0 Å². The third-order valence-corrected chi connectivity index (χ3v) is 3.16. The van der Waals surface area contributed by atoms with Crippen molar-refractivity contribution in [3.8, 4) is 0 Å². The van der Waals surface area contributed by atoms with Gasteiger partial charge in [0.15, 0.2) is 5.76 Å². The molecular weight excluding hydrogens is 238 g/mol. The quantitative estimate of drug-likeness (QED) is 0.668. The molecule has 3 nitrogen and oxygen atoms in total. The second kappa shape index (κ2) is 4.69. The molecule has 0 atom stereocenters. The highest BCUT2D eigenvalue weighted by molar-refractivity contribution is 6.14. The standard InChI is InChI=1S/C16H13NO2/c1-2-12-6-7-15(19-12)16(18)13-5-3-4-11-8-9-17-10-14(11)13/h3-10H,2H2,1H3. The van der Waals surface area contributed by atoms with Crippen LogP contribution in [0.25, 0.3) is 10.8 Å². The topological polar surface area (TPSA) is 43.1 Å². The Hall–Kier alpha value is -2.42. The van der Waals surface area contributed by atoms with Gasteiger partial charge in [0, 0.05) is 29.8 Å². The van der Waals surface area contributed by atoms with Crippen molar-refractivity contribution in [1.29, 1.82) is 0 Å². The average Bonchev–Trinajstić information content (AvgIpc) is 2.95. The summed E-state index contributed by atoms with van der Waals surface area (Å²) >= 11 is 0. The molecule has 1 aromatic carbocycles. The summed E-state index contributed by atoms with van der Waals surface area (Å²) in [7, 11) is 0. The van der Waals surface area contributed by atoms with E-state index in [0.717, 1.165) is 23.0 Å². The van der Waals surface area contributed by atoms with Crippen LogP contribution < -0.4 is 0 Å². The van der Waals surface area contributed by atoms with Gasteiger partial charge in [-0.15, -0.1) is 0 Å². The maximum Gasteiger partial charge on any atom is 0.228 e. The van der Waals surface area contributed by atoms with Crippen molar-refractivity contribution in [2.75, 3.05) is 0 Å². The summed E-state index contributed by atoms with van der Waals surface area (Å²) in [6.07, 6.45) is 4.22. The van der Waals surface area contributed by atoms with Crippen LogP contribution in [0.4, 0.5) is 0 Å². The molecule has 19 heavy (non-hydrogen) atoms. The van der Waals surface area contributed by atoms with Gasteiger partial charge >= 0.3 is 0 Å². The lowest BCUT2D eigenvalue weighted by Gasteiger charge is -2.03. The number of pyridine rings is 1. The van der Waals surface area contributed by atoms with Crippen molar-refractivity contribution < 1.29 is 9.21 Å². The van der Waals surface area contributed by atoms with Crippen molar-refractivity contribution in [2.24, 2.45) is 0 Å². The Morgan fingerprint density at radius 1 is 1.21 bits per heavy atom. The van der Waals surface area contributed by atoms with Crippen LogP contribution in [0.15, 0.2) is 53.2 Å². The zero-order chi connectivity index (χ0) is 13.2. The van der Waals surface area contributed by atoms with Crippen molar-refractivity contribution in [3.05, 3.63) is 65.9 Å². The van der Waals surface area contributed by atoms with E-state index in [1.54, 1.807) is 24.5 Å². The normalized spacial score (nSPS) is 10.8. The van der Waals surface area contributed by atoms with Gasteiger partial charge in [0.2, 0.25) is 5.78 Å². The largest absolute Gasteiger partial charge is 0.458 e. The van der Waals surface area contributed by atoms with Gasteiger partial charge in [0.05, 0.1) is 0 Å². The van der Waals surface area contributed by atoms with Gasteiger partial charge in [-0.05, 0) is 23.6 Å². The summed E-state index contributed by atoms with van der Waals surface area (Å²) in [6.45, 7) is 1.99. The van der Waals surface area contributed by atoms with E-state index in [2.05, 4.69) is 4.98 Å². The summed E-state index contributed by atoms with van der Waals surface area (Å²) in [6, 6.07) is 11.1. The Morgan fingerprint density at radius 2 is 2.11 bits per heavy atom. The van der Waals surface area contributed by atoms with Crippen LogP contribution in [0, 0.1) is 0 Å². The number of benzene rings is 1. The number of aromatic nitrogens is 1. The van der Waals surface area contributed by atoms with E-state index in [9.17, 15) is 4.79 Å². The molecule has 0 fully saturated rings. The average molecular weight is 251 g/mol. The number of aryl methyl sites for hydroxylation is 1. The molecule has 0 bridgehead atoms. The Morgan fingerprint density at radius 3 is 2.89 bits per heavy atom. The second-order valence-corrected chi connectivity index (χ2v) is 4.35. The fourth-order valence-electron chi connectivity index (χ4n) is 2.13. The maximum absolute atomic E-state index is 12.5.